The molecule has 0 amide bonds. The van der Waals surface area contributed by atoms with Crippen LogP contribution in [0.1, 0.15) is 110 Å². The van der Waals surface area contributed by atoms with Crippen molar-refractivity contribution < 1.29 is 10.2 Å². The van der Waals surface area contributed by atoms with E-state index in [2.05, 4.69) is 13.2 Å². The zero-order chi connectivity index (χ0) is 19.0. The summed E-state index contributed by atoms with van der Waals surface area (Å²) in [6.45, 7) is 11.1. The third-order valence-electron chi connectivity index (χ3n) is 5.55. The summed E-state index contributed by atoms with van der Waals surface area (Å²) in [5.74, 6) is 0. The van der Waals surface area contributed by atoms with Crippen molar-refractivity contribution in [3.63, 3.8) is 0 Å². The Morgan fingerprint density at radius 2 is 0.840 bits per heavy atom. The third kappa shape index (κ3) is 12.4. The predicted octanol–water partition coefficient (Wildman–Crippen LogP) is 6.71. The molecule has 0 rings (SSSR count). The molecule has 25 heavy (non-hydrogen) atoms. The lowest BCUT2D eigenvalue weighted by Gasteiger charge is -2.39. The van der Waals surface area contributed by atoms with E-state index in [0.29, 0.717) is 12.8 Å². The zero-order valence-electron chi connectivity index (χ0n) is 17.1. The van der Waals surface area contributed by atoms with Gasteiger partial charge in [0.1, 0.15) is 0 Å². The number of aliphatic hydroxyl groups is 2. The summed E-state index contributed by atoms with van der Waals surface area (Å²) in [5.41, 5.74) is -1.98. The number of hydrogen-bond donors (Lipinski definition) is 2. The molecule has 0 unspecified atom stereocenters. The van der Waals surface area contributed by atoms with Gasteiger partial charge in [-0.05, 0) is 52.4 Å². The van der Waals surface area contributed by atoms with Crippen LogP contribution in [0.25, 0.3) is 0 Å². The number of hydrogen-bond acceptors (Lipinski definition) is 2. The minimum Gasteiger partial charge on any atom is -0.387 e. The van der Waals surface area contributed by atoms with Crippen LogP contribution in [-0.4, -0.2) is 21.4 Å². The molecule has 2 nitrogen and oxygen atoms in total. The number of rotatable bonds is 18. The van der Waals surface area contributed by atoms with Crippen LogP contribution < -0.4 is 0 Å². The summed E-state index contributed by atoms with van der Waals surface area (Å²) in [6.07, 6.45) is 20.5. The van der Waals surface area contributed by atoms with Gasteiger partial charge in [-0.25, -0.2) is 0 Å². The van der Waals surface area contributed by atoms with Crippen LogP contribution in [0.15, 0.2) is 25.3 Å². The van der Waals surface area contributed by atoms with E-state index in [1.54, 1.807) is 13.8 Å². The fourth-order valence-electron chi connectivity index (χ4n) is 3.29. The minimum atomic E-state index is -0.990. The van der Waals surface area contributed by atoms with Gasteiger partial charge >= 0.3 is 0 Å². The largest absolute Gasteiger partial charge is 0.387 e. The second kappa shape index (κ2) is 14.6. The van der Waals surface area contributed by atoms with Gasteiger partial charge in [0.15, 0.2) is 0 Å². The van der Waals surface area contributed by atoms with E-state index in [-0.39, 0.29) is 0 Å². The normalized spacial score (nSPS) is 16.2. The van der Waals surface area contributed by atoms with Gasteiger partial charge in [-0.1, -0.05) is 69.9 Å². The molecule has 0 fully saturated rings. The van der Waals surface area contributed by atoms with Gasteiger partial charge < -0.3 is 10.2 Å². The highest BCUT2D eigenvalue weighted by Gasteiger charge is 2.40. The SMILES string of the molecule is C=CCCCCCCCCC[C@@](C)(O)[C@](C)(O)CCCCCCC=C. The summed E-state index contributed by atoms with van der Waals surface area (Å²) >= 11 is 0. The van der Waals surface area contributed by atoms with E-state index < -0.39 is 11.2 Å². The minimum absolute atomic E-state index is 0.678. The van der Waals surface area contributed by atoms with E-state index in [0.717, 1.165) is 38.5 Å². The highest BCUT2D eigenvalue weighted by Crippen LogP contribution is 2.32. The van der Waals surface area contributed by atoms with Crippen molar-refractivity contribution in [2.45, 2.75) is 121 Å². The molecule has 0 spiro atoms. The summed E-state index contributed by atoms with van der Waals surface area (Å²) < 4.78 is 0. The number of allylic oxidation sites excluding steroid dienone is 2. The molecule has 0 heterocycles. The summed E-state index contributed by atoms with van der Waals surface area (Å²) in [7, 11) is 0. The Hall–Kier alpha value is -0.600. The Morgan fingerprint density at radius 1 is 0.560 bits per heavy atom. The van der Waals surface area contributed by atoms with Gasteiger partial charge in [0.25, 0.3) is 0 Å². The van der Waals surface area contributed by atoms with Crippen LogP contribution in [0.3, 0.4) is 0 Å². The van der Waals surface area contributed by atoms with E-state index in [1.165, 1.54) is 44.9 Å². The van der Waals surface area contributed by atoms with Gasteiger partial charge in [-0.15, -0.1) is 13.2 Å². The van der Waals surface area contributed by atoms with Crippen molar-refractivity contribution in [1.29, 1.82) is 0 Å². The molecular weight excluding hydrogens is 308 g/mol. The highest BCUT2D eigenvalue weighted by atomic mass is 16.4. The molecule has 0 bridgehead atoms. The average Bonchev–Trinajstić information content (AvgIpc) is 2.56. The molecule has 0 aliphatic heterocycles. The molecule has 2 N–H and O–H groups in total. The lowest BCUT2D eigenvalue weighted by molar-refractivity contribution is -0.140. The van der Waals surface area contributed by atoms with Gasteiger partial charge in [-0.2, -0.15) is 0 Å². The topological polar surface area (TPSA) is 40.5 Å². The molecule has 0 radical (unpaired) electrons. The van der Waals surface area contributed by atoms with E-state index >= 15 is 0 Å². The predicted molar refractivity (Wildman–Crippen MR) is 111 cm³/mol. The molecular formula is C23H44O2. The van der Waals surface area contributed by atoms with E-state index in [4.69, 9.17) is 0 Å². The fourth-order valence-corrected chi connectivity index (χ4v) is 3.29. The molecule has 0 saturated heterocycles. The van der Waals surface area contributed by atoms with Gasteiger partial charge in [0, 0.05) is 0 Å². The third-order valence-corrected chi connectivity index (χ3v) is 5.55. The Labute approximate surface area is 157 Å². The summed E-state index contributed by atoms with van der Waals surface area (Å²) in [4.78, 5) is 0. The van der Waals surface area contributed by atoms with Crippen LogP contribution in [0, 0.1) is 0 Å². The molecule has 0 aromatic rings. The molecule has 2 atom stereocenters. The first-order chi connectivity index (χ1) is 11.9. The highest BCUT2D eigenvalue weighted by molar-refractivity contribution is 4.93. The summed E-state index contributed by atoms with van der Waals surface area (Å²) in [5, 5.41) is 21.4. The van der Waals surface area contributed by atoms with Gasteiger partial charge in [0.05, 0.1) is 11.2 Å². The Balaban J connectivity index is 3.80. The molecule has 148 valence electrons. The standard InChI is InChI=1S/C23H44O2/c1-5-7-9-11-13-14-15-17-19-21-23(4,25)22(3,24)20-18-16-12-10-8-6-2/h5-6,24-25H,1-2,7-21H2,3-4H3/t22-,23-/m1/s1. The van der Waals surface area contributed by atoms with Crippen molar-refractivity contribution in [2.75, 3.05) is 0 Å². The maximum absolute atomic E-state index is 10.7. The molecule has 2 heteroatoms. The second-order valence-corrected chi connectivity index (χ2v) is 8.09. The lowest BCUT2D eigenvalue weighted by atomic mass is 9.78. The molecule has 0 aliphatic carbocycles. The fraction of sp³-hybridized carbons (Fsp3) is 0.826. The Bertz CT molecular complexity index is 331. The van der Waals surface area contributed by atoms with Crippen LogP contribution in [0.4, 0.5) is 0 Å². The van der Waals surface area contributed by atoms with Crippen molar-refractivity contribution in [2.24, 2.45) is 0 Å². The second-order valence-electron chi connectivity index (χ2n) is 8.09. The van der Waals surface area contributed by atoms with Crippen LogP contribution >= 0.6 is 0 Å². The number of unbranched alkanes of at least 4 members (excludes halogenated alkanes) is 11. The van der Waals surface area contributed by atoms with Crippen LogP contribution in [0.2, 0.25) is 0 Å². The summed E-state index contributed by atoms with van der Waals surface area (Å²) in [6, 6.07) is 0. The molecule has 0 aromatic carbocycles. The average molecular weight is 353 g/mol. The Morgan fingerprint density at radius 3 is 1.16 bits per heavy atom. The van der Waals surface area contributed by atoms with Crippen molar-refractivity contribution in [1.82, 2.24) is 0 Å². The Kier molecular flexibility index (Phi) is 14.2. The molecule has 0 aromatic heterocycles. The lowest BCUT2D eigenvalue weighted by Crippen LogP contribution is -2.49. The van der Waals surface area contributed by atoms with Crippen LogP contribution in [0.5, 0.6) is 0 Å². The zero-order valence-corrected chi connectivity index (χ0v) is 17.1. The first-order valence-electron chi connectivity index (χ1n) is 10.5. The van der Waals surface area contributed by atoms with Crippen molar-refractivity contribution >= 4 is 0 Å². The molecule has 0 aliphatic rings. The quantitative estimate of drug-likeness (QED) is 0.212. The van der Waals surface area contributed by atoms with E-state index in [1.807, 2.05) is 12.2 Å². The van der Waals surface area contributed by atoms with Gasteiger partial charge in [-0.3, -0.25) is 0 Å². The van der Waals surface area contributed by atoms with E-state index in [9.17, 15) is 10.2 Å². The van der Waals surface area contributed by atoms with Crippen molar-refractivity contribution in [3.8, 4) is 0 Å². The maximum Gasteiger partial charge on any atom is 0.0902 e. The maximum atomic E-state index is 10.7. The first-order valence-corrected chi connectivity index (χ1v) is 10.5. The molecule has 0 saturated carbocycles. The van der Waals surface area contributed by atoms with Gasteiger partial charge in [0.2, 0.25) is 0 Å². The van der Waals surface area contributed by atoms with Crippen molar-refractivity contribution in [3.05, 3.63) is 25.3 Å². The smallest absolute Gasteiger partial charge is 0.0902 e. The van der Waals surface area contributed by atoms with Crippen LogP contribution in [-0.2, 0) is 0 Å². The monoisotopic (exact) mass is 352 g/mol. The first kappa shape index (κ1) is 24.4.